The molecule has 1 aliphatic rings. The maximum atomic E-state index is 12.3. The molecule has 0 spiro atoms. The Balaban J connectivity index is 2.52. The van der Waals surface area contributed by atoms with E-state index in [1.165, 1.54) is 0 Å². The summed E-state index contributed by atoms with van der Waals surface area (Å²) in [5.41, 5.74) is 0. The van der Waals surface area contributed by atoms with Crippen molar-refractivity contribution < 1.29 is 24.4 Å². The quantitative estimate of drug-likeness (QED) is 0.391. The Labute approximate surface area is 56.9 Å². The molecule has 1 heterocycles. The predicted molar refractivity (Wildman–Crippen MR) is 28.9 cm³/mol. The van der Waals surface area contributed by atoms with Crippen LogP contribution in [-0.4, -0.2) is 46.6 Å². The van der Waals surface area contributed by atoms with Crippen LogP contribution in [0.1, 0.15) is 0 Å². The molecule has 1 aliphatic heterocycles. The molecule has 0 bridgehead atoms. The van der Waals surface area contributed by atoms with E-state index in [4.69, 9.17) is 15.3 Å². The number of alkyl halides is 1. The number of aliphatic hydroxyl groups excluding tert-OH is 3. The third-order valence-electron chi connectivity index (χ3n) is 1.44. The van der Waals surface area contributed by atoms with Crippen LogP contribution in [0.4, 0.5) is 4.39 Å². The van der Waals surface area contributed by atoms with E-state index < -0.39 is 24.7 Å². The van der Waals surface area contributed by atoms with E-state index in [2.05, 4.69) is 4.74 Å². The Kier molecular flexibility index (Phi) is 2.20. The van der Waals surface area contributed by atoms with Crippen LogP contribution in [0.5, 0.6) is 0 Å². The Bertz CT molecular complexity index is 106. The van der Waals surface area contributed by atoms with Crippen LogP contribution in [0.3, 0.4) is 0 Å². The summed E-state index contributed by atoms with van der Waals surface area (Å²) in [5, 5.41) is 26.3. The lowest BCUT2D eigenvalue weighted by Gasteiger charge is -2.30. The van der Waals surface area contributed by atoms with Crippen LogP contribution in [0.2, 0.25) is 0 Å². The molecule has 0 radical (unpaired) electrons. The molecule has 0 aliphatic carbocycles. The van der Waals surface area contributed by atoms with Gasteiger partial charge < -0.3 is 20.1 Å². The molecule has 4 nitrogen and oxygen atoms in total. The van der Waals surface area contributed by atoms with E-state index in [0.29, 0.717) is 0 Å². The number of aliphatic hydroxyl groups is 3. The zero-order valence-corrected chi connectivity index (χ0v) is 5.14. The molecular weight excluding hydrogens is 143 g/mol. The van der Waals surface area contributed by atoms with Crippen LogP contribution >= 0.6 is 0 Å². The zero-order chi connectivity index (χ0) is 7.72. The maximum Gasteiger partial charge on any atom is 0.227 e. The highest BCUT2D eigenvalue weighted by Gasteiger charge is 2.37. The second-order valence-electron chi connectivity index (χ2n) is 2.23. The lowest BCUT2D eigenvalue weighted by Crippen LogP contribution is -2.51. The number of halogens is 1. The van der Waals surface area contributed by atoms with E-state index in [-0.39, 0.29) is 6.61 Å². The molecule has 0 aromatic heterocycles. The summed E-state index contributed by atoms with van der Waals surface area (Å²) in [4.78, 5) is 0. The minimum atomic E-state index is -1.89. The van der Waals surface area contributed by atoms with Crippen LogP contribution < -0.4 is 0 Å². The molecule has 0 saturated carbocycles. The normalized spacial score (nSPS) is 49.2. The van der Waals surface area contributed by atoms with Gasteiger partial charge in [-0.15, -0.1) is 0 Å². The first kappa shape index (κ1) is 7.87. The van der Waals surface area contributed by atoms with Gasteiger partial charge in [0, 0.05) is 0 Å². The fraction of sp³-hybridized carbons (Fsp3) is 1.00. The summed E-state index contributed by atoms with van der Waals surface area (Å²) in [6.45, 7) is -0.278. The molecule has 0 unspecified atom stereocenters. The Morgan fingerprint density at radius 3 is 2.30 bits per heavy atom. The number of hydrogen-bond donors (Lipinski definition) is 3. The van der Waals surface area contributed by atoms with Crippen molar-refractivity contribution in [2.45, 2.75) is 24.7 Å². The van der Waals surface area contributed by atoms with Gasteiger partial charge in [-0.1, -0.05) is 0 Å². The summed E-state index contributed by atoms with van der Waals surface area (Å²) < 4.78 is 16.5. The van der Waals surface area contributed by atoms with Gasteiger partial charge in [-0.2, -0.15) is 0 Å². The topological polar surface area (TPSA) is 69.9 Å². The summed E-state index contributed by atoms with van der Waals surface area (Å²) >= 11 is 0. The van der Waals surface area contributed by atoms with Crippen molar-refractivity contribution in [2.75, 3.05) is 6.61 Å². The molecular formula is C5H9FO4. The van der Waals surface area contributed by atoms with Gasteiger partial charge in [-0.05, 0) is 0 Å². The van der Waals surface area contributed by atoms with Crippen LogP contribution in [0, 0.1) is 0 Å². The molecule has 1 rings (SSSR count). The molecule has 10 heavy (non-hydrogen) atoms. The standard InChI is InChI=1S/C5H9FO4/c6-5-4(9)3(8)2(7)1-10-5/h2-5,7-9H,1H2/t2-,3+,4+,5+/m0/s1. The number of ether oxygens (including phenoxy) is 1. The molecule has 1 fully saturated rings. The second kappa shape index (κ2) is 2.79. The molecule has 0 aromatic rings. The smallest absolute Gasteiger partial charge is 0.227 e. The van der Waals surface area contributed by atoms with E-state index in [9.17, 15) is 4.39 Å². The van der Waals surface area contributed by atoms with E-state index >= 15 is 0 Å². The highest BCUT2D eigenvalue weighted by Crippen LogP contribution is 2.15. The highest BCUT2D eigenvalue weighted by atomic mass is 19.1. The van der Waals surface area contributed by atoms with Gasteiger partial charge >= 0.3 is 0 Å². The SMILES string of the molecule is O[C@@H]1[C@H](O)[C@@H](O)CO[C@H]1F. The molecule has 60 valence electrons. The van der Waals surface area contributed by atoms with Crippen LogP contribution in [0.15, 0.2) is 0 Å². The molecule has 4 atom stereocenters. The average Bonchev–Trinajstić information content (AvgIpc) is 1.93. The van der Waals surface area contributed by atoms with Crippen molar-refractivity contribution in [3.63, 3.8) is 0 Å². The van der Waals surface area contributed by atoms with Gasteiger partial charge in [0.25, 0.3) is 0 Å². The minimum Gasteiger partial charge on any atom is -0.388 e. The van der Waals surface area contributed by atoms with Crippen molar-refractivity contribution >= 4 is 0 Å². The molecule has 0 aromatic carbocycles. The Morgan fingerprint density at radius 1 is 1.20 bits per heavy atom. The van der Waals surface area contributed by atoms with Gasteiger partial charge in [-0.25, -0.2) is 4.39 Å². The fourth-order valence-electron chi connectivity index (χ4n) is 0.770. The van der Waals surface area contributed by atoms with Gasteiger partial charge in [0.2, 0.25) is 6.36 Å². The molecule has 5 heteroatoms. The Morgan fingerprint density at radius 2 is 1.80 bits per heavy atom. The largest absolute Gasteiger partial charge is 0.388 e. The predicted octanol–water partition coefficient (Wildman–Crippen LogP) is -1.61. The van der Waals surface area contributed by atoms with Crippen molar-refractivity contribution in [3.8, 4) is 0 Å². The second-order valence-corrected chi connectivity index (χ2v) is 2.23. The van der Waals surface area contributed by atoms with E-state index in [0.717, 1.165) is 0 Å². The summed E-state index contributed by atoms with van der Waals surface area (Å²) in [7, 11) is 0. The van der Waals surface area contributed by atoms with Crippen molar-refractivity contribution in [1.29, 1.82) is 0 Å². The molecule has 3 N–H and O–H groups in total. The number of rotatable bonds is 0. The lowest BCUT2D eigenvalue weighted by atomic mass is 10.1. The van der Waals surface area contributed by atoms with Gasteiger partial charge in [0.15, 0.2) is 0 Å². The van der Waals surface area contributed by atoms with Crippen molar-refractivity contribution in [2.24, 2.45) is 0 Å². The third-order valence-corrected chi connectivity index (χ3v) is 1.44. The summed E-state index contributed by atoms with van der Waals surface area (Å²) in [5.74, 6) is 0. The summed E-state index contributed by atoms with van der Waals surface area (Å²) in [6.07, 6.45) is -6.16. The van der Waals surface area contributed by atoms with Crippen molar-refractivity contribution in [3.05, 3.63) is 0 Å². The van der Waals surface area contributed by atoms with Gasteiger partial charge in [0.05, 0.1) is 6.61 Å². The van der Waals surface area contributed by atoms with E-state index in [1.807, 2.05) is 0 Å². The van der Waals surface area contributed by atoms with Gasteiger partial charge in [0.1, 0.15) is 18.3 Å². The van der Waals surface area contributed by atoms with Crippen molar-refractivity contribution in [1.82, 2.24) is 0 Å². The van der Waals surface area contributed by atoms with E-state index in [1.54, 1.807) is 0 Å². The summed E-state index contributed by atoms with van der Waals surface area (Å²) in [6, 6.07) is 0. The first-order valence-corrected chi connectivity index (χ1v) is 2.93. The minimum absolute atomic E-state index is 0.278. The van der Waals surface area contributed by atoms with Crippen LogP contribution in [-0.2, 0) is 4.74 Å². The first-order chi connectivity index (χ1) is 4.63. The van der Waals surface area contributed by atoms with Gasteiger partial charge in [-0.3, -0.25) is 0 Å². The highest BCUT2D eigenvalue weighted by molar-refractivity contribution is 4.81. The average molecular weight is 152 g/mol. The monoisotopic (exact) mass is 152 g/mol. The Hall–Kier alpha value is -0.230. The lowest BCUT2D eigenvalue weighted by molar-refractivity contribution is -0.224. The first-order valence-electron chi connectivity index (χ1n) is 2.93. The molecule has 0 amide bonds. The third kappa shape index (κ3) is 1.27. The maximum absolute atomic E-state index is 12.3. The zero-order valence-electron chi connectivity index (χ0n) is 5.14. The van der Waals surface area contributed by atoms with Crippen LogP contribution in [0.25, 0.3) is 0 Å². The fourth-order valence-corrected chi connectivity index (χ4v) is 0.770. The molecule has 1 saturated heterocycles. The number of hydrogen-bond acceptors (Lipinski definition) is 4.